The number of nitrogens with zero attached hydrogens (tertiary/aromatic N) is 1. The molecule has 2 aromatic carbocycles. The highest BCUT2D eigenvalue weighted by atomic mass is 19.3. The van der Waals surface area contributed by atoms with Crippen molar-refractivity contribution in [3.63, 3.8) is 0 Å². The van der Waals surface area contributed by atoms with Crippen LogP contribution in [0.3, 0.4) is 0 Å². The summed E-state index contributed by atoms with van der Waals surface area (Å²) >= 11 is 0. The number of hydrogen-bond donors (Lipinski definition) is 1. The van der Waals surface area contributed by atoms with Crippen LogP contribution in [-0.4, -0.2) is 41.5 Å². The summed E-state index contributed by atoms with van der Waals surface area (Å²) in [6.07, 6.45) is 2.75. The van der Waals surface area contributed by atoms with Gasteiger partial charge in [0.2, 0.25) is 0 Å². The van der Waals surface area contributed by atoms with E-state index in [0.29, 0.717) is 12.1 Å². The number of hydrogen-bond acceptors (Lipinski definition) is 3. The van der Waals surface area contributed by atoms with Crippen LogP contribution in [0.2, 0.25) is 0 Å². The summed E-state index contributed by atoms with van der Waals surface area (Å²) in [6, 6.07) is 8.18. The normalized spacial score (nSPS) is 19.2. The predicted molar refractivity (Wildman–Crippen MR) is 118 cm³/mol. The molecule has 1 aromatic heterocycles. The van der Waals surface area contributed by atoms with Crippen molar-refractivity contribution in [2.75, 3.05) is 13.7 Å². The molecule has 4 rings (SSSR count). The first-order chi connectivity index (χ1) is 15.6. The van der Waals surface area contributed by atoms with Crippen LogP contribution in [0.15, 0.2) is 42.5 Å². The Labute approximate surface area is 188 Å². The number of para-hydroxylation sites is 1. The molecule has 0 bridgehead atoms. The minimum absolute atomic E-state index is 0.118. The van der Waals surface area contributed by atoms with Gasteiger partial charge < -0.3 is 9.72 Å². The number of fused-ring (bicyclic) bond motifs is 3. The Balaban J connectivity index is 1.89. The minimum Gasteiger partial charge on any atom is -0.466 e. The van der Waals surface area contributed by atoms with Gasteiger partial charge in [-0.15, -0.1) is 0 Å². The van der Waals surface area contributed by atoms with Crippen LogP contribution < -0.4 is 0 Å². The summed E-state index contributed by atoms with van der Waals surface area (Å²) in [5.74, 6) is -5.49. The fourth-order valence-electron chi connectivity index (χ4n) is 4.58. The van der Waals surface area contributed by atoms with Crippen molar-refractivity contribution >= 4 is 22.9 Å². The fraction of sp³-hybridized carbons (Fsp3) is 0.320. The number of methoxy groups -OCH3 is 1. The van der Waals surface area contributed by atoms with Crippen molar-refractivity contribution in [3.8, 4) is 0 Å². The van der Waals surface area contributed by atoms with E-state index in [9.17, 15) is 13.6 Å². The number of carbonyl (C=O) groups excluding carboxylic acids is 1. The van der Waals surface area contributed by atoms with E-state index in [4.69, 9.17) is 0 Å². The van der Waals surface area contributed by atoms with E-state index in [1.807, 2.05) is 24.3 Å². The molecule has 8 heteroatoms. The van der Waals surface area contributed by atoms with E-state index < -0.39 is 36.1 Å². The fourth-order valence-corrected chi connectivity index (χ4v) is 4.58. The molecule has 1 aliphatic rings. The second kappa shape index (κ2) is 8.67. The number of ether oxygens (including phenoxy) is 1. The van der Waals surface area contributed by atoms with Gasteiger partial charge in [-0.25, -0.2) is 22.4 Å². The first kappa shape index (κ1) is 23.0. The Morgan fingerprint density at radius 1 is 1.24 bits per heavy atom. The molecule has 174 valence electrons. The molecule has 0 amide bonds. The van der Waals surface area contributed by atoms with Crippen LogP contribution >= 0.6 is 0 Å². The van der Waals surface area contributed by atoms with Gasteiger partial charge in [-0.1, -0.05) is 18.2 Å². The van der Waals surface area contributed by atoms with Gasteiger partial charge in [0, 0.05) is 41.2 Å². The molecule has 0 spiro atoms. The number of H-pyrrole nitrogens is 1. The molecule has 2 atom stereocenters. The first-order valence-corrected chi connectivity index (χ1v) is 10.6. The maximum Gasteiger partial charge on any atom is 0.330 e. The van der Waals surface area contributed by atoms with Crippen molar-refractivity contribution in [3.05, 3.63) is 76.5 Å². The zero-order chi connectivity index (χ0) is 23.9. The van der Waals surface area contributed by atoms with E-state index >= 15 is 8.78 Å². The molecular formula is C25H24F4N2O2. The van der Waals surface area contributed by atoms with Crippen LogP contribution in [0, 0.1) is 11.6 Å². The Morgan fingerprint density at radius 3 is 2.55 bits per heavy atom. The molecule has 0 unspecified atom stereocenters. The highest BCUT2D eigenvalue weighted by Crippen LogP contribution is 2.43. The zero-order valence-electron chi connectivity index (χ0n) is 18.5. The Morgan fingerprint density at radius 2 is 1.91 bits per heavy atom. The van der Waals surface area contributed by atoms with E-state index in [2.05, 4.69) is 9.72 Å². The first-order valence-electron chi connectivity index (χ1n) is 10.6. The number of aromatic nitrogens is 1. The molecular weight excluding hydrogens is 436 g/mol. The SMILES string of the molecule is COC(=O)/C=C/c1cc(F)c([C@@H]2c3[nH]c4ccccc4c3C[C@@H](C)N2CC(C)(F)F)c(F)c1. The smallest absolute Gasteiger partial charge is 0.330 e. The molecule has 0 fully saturated rings. The maximum atomic E-state index is 15.4. The third-order valence-corrected chi connectivity index (χ3v) is 5.97. The number of carbonyl (C=O) groups is 1. The van der Waals surface area contributed by atoms with Gasteiger partial charge in [-0.05, 0) is 48.7 Å². The Kier molecular flexibility index (Phi) is 6.05. The summed E-state index contributed by atoms with van der Waals surface area (Å²) in [5.41, 5.74) is 1.96. The van der Waals surface area contributed by atoms with Gasteiger partial charge in [0.15, 0.2) is 0 Å². The molecule has 33 heavy (non-hydrogen) atoms. The van der Waals surface area contributed by atoms with Crippen molar-refractivity contribution in [2.45, 2.75) is 38.3 Å². The highest BCUT2D eigenvalue weighted by molar-refractivity contribution is 5.87. The molecule has 2 heterocycles. The molecule has 4 nitrogen and oxygen atoms in total. The quantitative estimate of drug-likeness (QED) is 0.305. The summed E-state index contributed by atoms with van der Waals surface area (Å²) in [5, 5.41) is 0.908. The lowest BCUT2D eigenvalue weighted by atomic mass is 9.87. The van der Waals surface area contributed by atoms with Gasteiger partial charge in [-0.2, -0.15) is 0 Å². The molecule has 0 aliphatic carbocycles. The Bertz CT molecular complexity index is 1210. The average Bonchev–Trinajstić information content (AvgIpc) is 3.10. The lowest BCUT2D eigenvalue weighted by Crippen LogP contribution is -2.47. The predicted octanol–water partition coefficient (Wildman–Crippen LogP) is 5.62. The number of alkyl halides is 2. The van der Waals surface area contributed by atoms with Crippen LogP contribution in [0.25, 0.3) is 17.0 Å². The molecule has 0 radical (unpaired) electrons. The molecule has 0 saturated carbocycles. The van der Waals surface area contributed by atoms with E-state index in [-0.39, 0.29) is 17.2 Å². The molecule has 3 aromatic rings. The molecule has 0 saturated heterocycles. The largest absolute Gasteiger partial charge is 0.466 e. The average molecular weight is 460 g/mol. The lowest BCUT2D eigenvalue weighted by molar-refractivity contribution is -0.134. The van der Waals surface area contributed by atoms with E-state index in [1.165, 1.54) is 18.1 Å². The summed E-state index contributed by atoms with van der Waals surface area (Å²) in [4.78, 5) is 16.0. The number of halogens is 4. The Hall–Kier alpha value is -3.13. The van der Waals surface area contributed by atoms with Gasteiger partial charge in [-0.3, -0.25) is 4.90 Å². The lowest BCUT2D eigenvalue weighted by Gasteiger charge is -2.42. The van der Waals surface area contributed by atoms with Crippen molar-refractivity contribution in [1.29, 1.82) is 0 Å². The van der Waals surface area contributed by atoms with Crippen LogP contribution in [-0.2, 0) is 16.0 Å². The highest BCUT2D eigenvalue weighted by Gasteiger charge is 2.42. The van der Waals surface area contributed by atoms with Gasteiger partial charge >= 0.3 is 5.97 Å². The van der Waals surface area contributed by atoms with Crippen molar-refractivity contribution in [2.24, 2.45) is 0 Å². The van der Waals surface area contributed by atoms with Gasteiger partial charge in [0.25, 0.3) is 5.92 Å². The topological polar surface area (TPSA) is 45.3 Å². The summed E-state index contributed by atoms with van der Waals surface area (Å²) in [7, 11) is 1.19. The number of aromatic amines is 1. The van der Waals surface area contributed by atoms with E-state index in [0.717, 1.165) is 41.6 Å². The number of benzene rings is 2. The standard InChI is InChI=1S/C25H24F4N2O2/c1-14-10-17-16-6-4-5-7-20(16)30-23(17)24(31(14)13-25(2,28)29)22-18(26)11-15(12-19(22)27)8-9-21(32)33-3/h4-9,11-12,14,24,30H,10,13H2,1-3H3/b9-8+/t14-,24-/m1/s1. The second-order valence-electron chi connectivity index (χ2n) is 8.52. The van der Waals surface area contributed by atoms with Gasteiger partial charge in [0.1, 0.15) is 11.6 Å². The number of rotatable bonds is 5. The molecule has 1 aliphatic heterocycles. The number of esters is 1. The summed E-state index contributed by atoms with van der Waals surface area (Å²) in [6.45, 7) is 1.92. The second-order valence-corrected chi connectivity index (χ2v) is 8.52. The van der Waals surface area contributed by atoms with Crippen LogP contribution in [0.4, 0.5) is 17.6 Å². The third-order valence-electron chi connectivity index (χ3n) is 5.97. The van der Waals surface area contributed by atoms with Crippen LogP contribution in [0.1, 0.15) is 42.3 Å². The molecule has 1 N–H and O–H groups in total. The van der Waals surface area contributed by atoms with Gasteiger partial charge in [0.05, 0.1) is 19.7 Å². The zero-order valence-corrected chi connectivity index (χ0v) is 18.5. The van der Waals surface area contributed by atoms with Crippen molar-refractivity contribution < 1.29 is 27.1 Å². The third kappa shape index (κ3) is 4.53. The maximum absolute atomic E-state index is 15.4. The number of nitrogens with one attached hydrogen (secondary N) is 1. The summed E-state index contributed by atoms with van der Waals surface area (Å²) < 4.78 is 63.5. The minimum atomic E-state index is -3.06. The van der Waals surface area contributed by atoms with E-state index in [1.54, 1.807) is 6.92 Å². The van der Waals surface area contributed by atoms with Crippen LogP contribution in [0.5, 0.6) is 0 Å². The van der Waals surface area contributed by atoms with Crippen molar-refractivity contribution in [1.82, 2.24) is 9.88 Å². The monoisotopic (exact) mass is 460 g/mol.